The molecule has 1 unspecified atom stereocenters. The van der Waals surface area contributed by atoms with Crippen LogP contribution in [0.2, 0.25) is 0 Å². The van der Waals surface area contributed by atoms with Crippen molar-refractivity contribution in [1.29, 1.82) is 0 Å². The Morgan fingerprint density at radius 3 is 2.34 bits per heavy atom. The van der Waals surface area contributed by atoms with Crippen LogP contribution in [0.3, 0.4) is 0 Å². The molecule has 3 rings (SSSR count). The lowest BCUT2D eigenvalue weighted by atomic mass is 10.1. The molecular weight excluding hydrogens is 396 g/mol. The van der Waals surface area contributed by atoms with Crippen LogP contribution in [0.1, 0.15) is 24.1 Å². The maximum Gasteiger partial charge on any atom is 0.265 e. The van der Waals surface area contributed by atoms with E-state index in [2.05, 4.69) is 0 Å². The Bertz CT molecular complexity index is 1130. The van der Waals surface area contributed by atoms with E-state index in [1.807, 2.05) is 0 Å². The number of anilines is 1. The van der Waals surface area contributed by atoms with E-state index in [9.17, 15) is 17.2 Å². The molecule has 0 aliphatic rings. The Labute approximate surface area is 169 Å². The molecule has 0 aliphatic heterocycles. The van der Waals surface area contributed by atoms with Crippen LogP contribution in [0.4, 0.5) is 14.5 Å². The SMILES string of the molecule is COc1cccc(N(C(C)c2ccccc2F)S(=O)(=O)c2ccc(F)cc2C)c1. The molecule has 3 aromatic rings. The summed E-state index contributed by atoms with van der Waals surface area (Å²) in [5.41, 5.74) is 0.793. The number of aryl methyl sites for hydroxylation is 1. The molecule has 7 heteroatoms. The van der Waals surface area contributed by atoms with E-state index in [4.69, 9.17) is 4.74 Å². The van der Waals surface area contributed by atoms with Crippen LogP contribution < -0.4 is 9.04 Å². The van der Waals surface area contributed by atoms with Crippen molar-refractivity contribution < 1.29 is 21.9 Å². The molecule has 0 fully saturated rings. The van der Waals surface area contributed by atoms with Gasteiger partial charge in [-0.15, -0.1) is 0 Å². The minimum Gasteiger partial charge on any atom is -0.497 e. The lowest BCUT2D eigenvalue weighted by Crippen LogP contribution is -2.34. The average molecular weight is 417 g/mol. The van der Waals surface area contributed by atoms with Crippen molar-refractivity contribution in [3.05, 3.63) is 89.5 Å². The Kier molecular flexibility index (Phi) is 5.88. The molecule has 0 spiro atoms. The summed E-state index contributed by atoms with van der Waals surface area (Å²) in [5, 5.41) is 0. The summed E-state index contributed by atoms with van der Waals surface area (Å²) < 4.78 is 61.7. The number of halogens is 2. The Hall–Kier alpha value is -2.93. The third-order valence-corrected chi connectivity index (χ3v) is 6.75. The van der Waals surface area contributed by atoms with Gasteiger partial charge in [0.15, 0.2) is 0 Å². The van der Waals surface area contributed by atoms with Gasteiger partial charge in [0, 0.05) is 11.6 Å². The van der Waals surface area contributed by atoms with Crippen LogP contribution in [0.25, 0.3) is 0 Å². The van der Waals surface area contributed by atoms with Gasteiger partial charge in [0.1, 0.15) is 17.4 Å². The molecule has 0 aromatic heterocycles. The van der Waals surface area contributed by atoms with Crippen molar-refractivity contribution >= 4 is 15.7 Å². The van der Waals surface area contributed by atoms with E-state index in [0.29, 0.717) is 11.4 Å². The molecule has 1 atom stereocenters. The number of methoxy groups -OCH3 is 1. The topological polar surface area (TPSA) is 46.6 Å². The molecule has 29 heavy (non-hydrogen) atoms. The summed E-state index contributed by atoms with van der Waals surface area (Å²) in [6, 6.07) is 15.1. The van der Waals surface area contributed by atoms with Gasteiger partial charge in [-0.1, -0.05) is 24.3 Å². The summed E-state index contributed by atoms with van der Waals surface area (Å²) in [6.07, 6.45) is 0. The van der Waals surface area contributed by atoms with Gasteiger partial charge >= 0.3 is 0 Å². The molecule has 152 valence electrons. The highest BCUT2D eigenvalue weighted by Gasteiger charge is 2.33. The lowest BCUT2D eigenvalue weighted by Gasteiger charge is -2.31. The van der Waals surface area contributed by atoms with Crippen LogP contribution in [0, 0.1) is 18.6 Å². The zero-order chi connectivity index (χ0) is 21.2. The monoisotopic (exact) mass is 417 g/mol. The van der Waals surface area contributed by atoms with Gasteiger partial charge in [0.25, 0.3) is 10.0 Å². The van der Waals surface area contributed by atoms with E-state index in [0.717, 1.165) is 16.4 Å². The predicted octanol–water partition coefficient (Wildman–Crippen LogP) is 5.24. The highest BCUT2D eigenvalue weighted by molar-refractivity contribution is 7.92. The second-order valence-corrected chi connectivity index (χ2v) is 8.39. The van der Waals surface area contributed by atoms with Crippen molar-refractivity contribution in [2.75, 3.05) is 11.4 Å². The summed E-state index contributed by atoms with van der Waals surface area (Å²) >= 11 is 0. The second-order valence-electron chi connectivity index (χ2n) is 6.61. The Morgan fingerprint density at radius 1 is 0.966 bits per heavy atom. The predicted molar refractivity (Wildman–Crippen MR) is 109 cm³/mol. The maximum atomic E-state index is 14.5. The normalized spacial score (nSPS) is 12.4. The van der Waals surface area contributed by atoms with Crippen molar-refractivity contribution in [2.24, 2.45) is 0 Å². The van der Waals surface area contributed by atoms with Crippen LogP contribution in [0.5, 0.6) is 5.75 Å². The van der Waals surface area contributed by atoms with Crippen molar-refractivity contribution in [3.8, 4) is 5.75 Å². The average Bonchev–Trinajstić information content (AvgIpc) is 2.68. The van der Waals surface area contributed by atoms with Gasteiger partial charge in [0.05, 0.1) is 23.7 Å². The van der Waals surface area contributed by atoms with Crippen molar-refractivity contribution in [2.45, 2.75) is 24.8 Å². The number of hydrogen-bond donors (Lipinski definition) is 0. The maximum absolute atomic E-state index is 14.5. The fourth-order valence-electron chi connectivity index (χ4n) is 3.27. The lowest BCUT2D eigenvalue weighted by molar-refractivity contribution is 0.415. The first-order valence-corrected chi connectivity index (χ1v) is 10.4. The first-order valence-electron chi connectivity index (χ1n) is 8.94. The molecule has 0 N–H and O–H groups in total. The molecule has 3 aromatic carbocycles. The molecule has 0 saturated carbocycles. The molecular formula is C22H21F2NO3S. The summed E-state index contributed by atoms with van der Waals surface area (Å²) in [7, 11) is -2.67. The van der Waals surface area contributed by atoms with Crippen LogP contribution in [-0.4, -0.2) is 15.5 Å². The van der Waals surface area contributed by atoms with Gasteiger partial charge in [-0.25, -0.2) is 17.2 Å². The summed E-state index contributed by atoms with van der Waals surface area (Å²) in [4.78, 5) is -0.0510. The quantitative estimate of drug-likeness (QED) is 0.551. The zero-order valence-corrected chi connectivity index (χ0v) is 17.1. The molecule has 0 saturated heterocycles. The van der Waals surface area contributed by atoms with E-state index in [-0.39, 0.29) is 16.0 Å². The van der Waals surface area contributed by atoms with Gasteiger partial charge in [0.2, 0.25) is 0 Å². The first kappa shape index (κ1) is 20.8. The van der Waals surface area contributed by atoms with Crippen LogP contribution >= 0.6 is 0 Å². The van der Waals surface area contributed by atoms with Gasteiger partial charge in [-0.3, -0.25) is 4.31 Å². The molecule has 0 bridgehead atoms. The van der Waals surface area contributed by atoms with Gasteiger partial charge in [-0.05, 0) is 55.8 Å². The Balaban J connectivity index is 2.23. The van der Waals surface area contributed by atoms with Gasteiger partial charge in [-0.2, -0.15) is 0 Å². The minimum atomic E-state index is -4.15. The largest absolute Gasteiger partial charge is 0.497 e. The number of rotatable bonds is 6. The highest BCUT2D eigenvalue weighted by atomic mass is 32.2. The smallest absolute Gasteiger partial charge is 0.265 e. The fourth-order valence-corrected chi connectivity index (χ4v) is 5.11. The third kappa shape index (κ3) is 4.10. The van der Waals surface area contributed by atoms with Crippen LogP contribution in [-0.2, 0) is 10.0 Å². The highest BCUT2D eigenvalue weighted by Crippen LogP contribution is 2.36. The molecule has 0 radical (unpaired) electrons. The Morgan fingerprint density at radius 2 is 1.69 bits per heavy atom. The molecule has 0 heterocycles. The fraction of sp³-hybridized carbons (Fsp3) is 0.182. The third-order valence-electron chi connectivity index (χ3n) is 4.69. The first-order chi connectivity index (χ1) is 13.8. The molecule has 0 amide bonds. The molecule has 0 aliphatic carbocycles. The van der Waals surface area contributed by atoms with E-state index in [1.54, 1.807) is 49.4 Å². The van der Waals surface area contributed by atoms with Crippen molar-refractivity contribution in [3.63, 3.8) is 0 Å². The number of hydrogen-bond acceptors (Lipinski definition) is 3. The standard InChI is InChI=1S/C22H21F2NO3S/c1-15-13-17(23)11-12-22(15)29(26,27)25(18-7-6-8-19(14-18)28-3)16(2)20-9-4-5-10-21(20)24/h4-14,16H,1-3H3. The van der Waals surface area contributed by atoms with Crippen LogP contribution in [0.15, 0.2) is 71.6 Å². The molecule has 4 nitrogen and oxygen atoms in total. The van der Waals surface area contributed by atoms with Gasteiger partial charge < -0.3 is 4.74 Å². The second kappa shape index (κ2) is 8.21. The number of nitrogens with zero attached hydrogens (tertiary/aromatic N) is 1. The summed E-state index contributed by atoms with van der Waals surface area (Å²) in [5.74, 6) is -0.588. The van der Waals surface area contributed by atoms with E-state index < -0.39 is 27.7 Å². The van der Waals surface area contributed by atoms with E-state index >= 15 is 0 Å². The number of benzene rings is 3. The minimum absolute atomic E-state index is 0.0510. The number of sulfonamides is 1. The van der Waals surface area contributed by atoms with E-state index in [1.165, 1.54) is 26.2 Å². The zero-order valence-electron chi connectivity index (χ0n) is 16.3. The van der Waals surface area contributed by atoms with Crippen molar-refractivity contribution in [1.82, 2.24) is 0 Å². The number of ether oxygens (including phenoxy) is 1. The summed E-state index contributed by atoms with van der Waals surface area (Å²) in [6.45, 7) is 3.13.